The maximum absolute atomic E-state index is 11.0. The molecule has 6 nitrogen and oxygen atoms in total. The summed E-state index contributed by atoms with van der Waals surface area (Å²) in [5.74, 6) is -0.0924. The number of aromatic nitrogens is 1. The average molecular weight is 349 g/mol. The van der Waals surface area contributed by atoms with E-state index in [4.69, 9.17) is 5.53 Å². The third kappa shape index (κ3) is 5.67. The normalized spacial score (nSPS) is 10.3. The van der Waals surface area contributed by atoms with Gasteiger partial charge in [-0.2, -0.15) is 0 Å². The minimum Gasteiger partial charge on any atom is -0.302 e. The number of anilines is 1. The molecule has 0 saturated heterocycles. The zero-order valence-electron chi connectivity index (χ0n) is 13.2. The van der Waals surface area contributed by atoms with Gasteiger partial charge < -0.3 is 5.32 Å². The molecule has 0 aromatic carbocycles. The van der Waals surface area contributed by atoms with Crippen molar-refractivity contribution in [2.75, 3.05) is 11.9 Å². The zero-order chi connectivity index (χ0) is 16.7. The van der Waals surface area contributed by atoms with Gasteiger partial charge >= 0.3 is 0 Å². The van der Waals surface area contributed by atoms with Crippen LogP contribution in [0.15, 0.2) is 16.6 Å². The maximum atomic E-state index is 11.0. The minimum absolute atomic E-state index is 0.0924. The smallest absolute Gasteiger partial charge is 0.223 e. The van der Waals surface area contributed by atoms with Crippen molar-refractivity contribution in [3.05, 3.63) is 42.9 Å². The molecule has 2 rings (SSSR count). The van der Waals surface area contributed by atoms with Crippen molar-refractivity contribution in [3.63, 3.8) is 0 Å². The maximum Gasteiger partial charge on any atom is 0.223 e. The van der Waals surface area contributed by atoms with E-state index in [0.717, 1.165) is 31.4 Å². The summed E-state index contributed by atoms with van der Waals surface area (Å²) in [5.41, 5.74) is 10.6. The van der Waals surface area contributed by atoms with Gasteiger partial charge in [0.2, 0.25) is 5.91 Å². The van der Waals surface area contributed by atoms with Crippen molar-refractivity contribution < 1.29 is 4.79 Å². The monoisotopic (exact) mass is 349 g/mol. The Morgan fingerprint density at radius 2 is 2.26 bits per heavy atom. The first-order chi connectivity index (χ1) is 11.1. The molecule has 0 spiro atoms. The molecule has 8 heteroatoms. The highest BCUT2D eigenvalue weighted by molar-refractivity contribution is 7.14. The molecule has 0 fully saturated rings. The van der Waals surface area contributed by atoms with Crippen LogP contribution >= 0.6 is 22.7 Å². The molecule has 0 aliphatic heterocycles. The van der Waals surface area contributed by atoms with Crippen LogP contribution in [0.25, 0.3) is 10.4 Å². The van der Waals surface area contributed by atoms with Crippen LogP contribution in [0.3, 0.4) is 0 Å². The molecule has 0 unspecified atom stereocenters. The van der Waals surface area contributed by atoms with E-state index in [1.807, 2.05) is 16.7 Å². The van der Waals surface area contributed by atoms with E-state index >= 15 is 0 Å². The molecule has 0 aliphatic carbocycles. The SMILES string of the molecule is CC(=O)Nc1nc(CCc2cc(C)c(CCCN=[N+]=[N-])s2)cs1. The van der Waals surface area contributed by atoms with Crippen LogP contribution in [-0.2, 0) is 24.1 Å². The van der Waals surface area contributed by atoms with Gasteiger partial charge in [0.15, 0.2) is 5.13 Å². The predicted octanol–water partition coefficient (Wildman–Crippen LogP) is 4.50. The van der Waals surface area contributed by atoms with Gasteiger partial charge in [0.25, 0.3) is 0 Å². The number of amides is 1. The number of carbonyl (C=O) groups is 1. The fourth-order valence-electron chi connectivity index (χ4n) is 2.20. The van der Waals surface area contributed by atoms with Gasteiger partial charge in [0, 0.05) is 33.5 Å². The molecule has 1 N–H and O–H groups in total. The molecule has 0 radical (unpaired) electrons. The Hall–Kier alpha value is -1.89. The second-order valence-electron chi connectivity index (χ2n) is 5.20. The van der Waals surface area contributed by atoms with E-state index < -0.39 is 0 Å². The number of nitrogens with one attached hydrogen (secondary N) is 1. The van der Waals surface area contributed by atoms with E-state index in [1.54, 1.807) is 0 Å². The number of aryl methyl sites for hydroxylation is 4. The van der Waals surface area contributed by atoms with E-state index in [1.165, 1.54) is 33.6 Å². The van der Waals surface area contributed by atoms with Gasteiger partial charge in [-0.25, -0.2) is 4.98 Å². The number of carbonyl (C=O) groups excluding carboxylic acids is 1. The van der Waals surface area contributed by atoms with Crippen molar-refractivity contribution in [2.24, 2.45) is 5.11 Å². The van der Waals surface area contributed by atoms with Crippen LogP contribution < -0.4 is 5.32 Å². The molecule has 23 heavy (non-hydrogen) atoms. The quantitative estimate of drug-likeness (QED) is 0.329. The molecule has 2 heterocycles. The second kappa shape index (κ2) is 8.67. The Kier molecular flexibility index (Phi) is 6.58. The molecule has 122 valence electrons. The van der Waals surface area contributed by atoms with Gasteiger partial charge in [-0.15, -0.1) is 22.7 Å². The number of azide groups is 1. The first-order valence-corrected chi connectivity index (χ1v) is 9.09. The molecular weight excluding hydrogens is 330 g/mol. The Balaban J connectivity index is 1.87. The van der Waals surface area contributed by atoms with Crippen LogP contribution in [0.2, 0.25) is 0 Å². The number of thiazole rings is 1. The summed E-state index contributed by atoms with van der Waals surface area (Å²) >= 11 is 3.28. The Morgan fingerprint density at radius 1 is 1.43 bits per heavy atom. The van der Waals surface area contributed by atoms with Crippen LogP contribution in [0.4, 0.5) is 5.13 Å². The van der Waals surface area contributed by atoms with Crippen molar-refractivity contribution in [1.82, 2.24) is 4.98 Å². The Labute approximate surface area is 143 Å². The summed E-state index contributed by atoms with van der Waals surface area (Å²) < 4.78 is 0. The summed E-state index contributed by atoms with van der Waals surface area (Å²) in [4.78, 5) is 20.9. The number of thiophene rings is 1. The molecule has 2 aromatic heterocycles. The van der Waals surface area contributed by atoms with E-state index in [0.29, 0.717) is 11.7 Å². The standard InChI is InChI=1S/C15H19N5OS2/c1-10-8-13(23-14(10)4-3-7-17-20-16)6-5-12-9-22-15(19-12)18-11(2)21/h8-9H,3-7H2,1-2H3,(H,18,19,21). The lowest BCUT2D eigenvalue weighted by atomic mass is 10.1. The number of rotatable bonds is 8. The van der Waals surface area contributed by atoms with E-state index in [9.17, 15) is 4.79 Å². The summed E-state index contributed by atoms with van der Waals surface area (Å²) in [7, 11) is 0. The molecular formula is C15H19N5OS2. The summed E-state index contributed by atoms with van der Waals surface area (Å²) in [6.07, 6.45) is 3.66. The average Bonchev–Trinajstić information content (AvgIpc) is 3.08. The Morgan fingerprint density at radius 3 is 3.00 bits per heavy atom. The number of hydrogen-bond acceptors (Lipinski definition) is 5. The van der Waals surface area contributed by atoms with E-state index in [-0.39, 0.29) is 5.91 Å². The van der Waals surface area contributed by atoms with Gasteiger partial charge in [0.1, 0.15) is 0 Å². The van der Waals surface area contributed by atoms with Crippen LogP contribution in [0.1, 0.15) is 34.4 Å². The first kappa shape index (κ1) is 17.5. The lowest BCUT2D eigenvalue weighted by Crippen LogP contribution is -2.05. The summed E-state index contributed by atoms with van der Waals surface area (Å²) in [6, 6.07) is 2.23. The molecule has 1 amide bonds. The third-order valence-corrected chi connectivity index (χ3v) is 5.42. The highest BCUT2D eigenvalue weighted by Crippen LogP contribution is 2.25. The van der Waals surface area contributed by atoms with Crippen molar-refractivity contribution in [1.29, 1.82) is 0 Å². The minimum atomic E-state index is -0.0924. The molecule has 0 saturated carbocycles. The second-order valence-corrected chi connectivity index (χ2v) is 7.28. The van der Waals surface area contributed by atoms with Gasteiger partial charge in [0.05, 0.1) is 5.69 Å². The zero-order valence-corrected chi connectivity index (χ0v) is 14.8. The van der Waals surface area contributed by atoms with Crippen molar-refractivity contribution in [3.8, 4) is 0 Å². The van der Waals surface area contributed by atoms with Crippen molar-refractivity contribution >= 4 is 33.7 Å². The molecule has 0 bridgehead atoms. The van der Waals surface area contributed by atoms with Crippen molar-refractivity contribution in [2.45, 2.75) is 39.5 Å². The van der Waals surface area contributed by atoms with Crippen LogP contribution in [-0.4, -0.2) is 17.4 Å². The fourth-order valence-corrected chi connectivity index (χ4v) is 4.21. The molecule has 0 aliphatic rings. The number of nitrogens with zero attached hydrogens (tertiary/aromatic N) is 4. The highest BCUT2D eigenvalue weighted by Gasteiger charge is 2.08. The van der Waals surface area contributed by atoms with Gasteiger partial charge in [-0.05, 0) is 49.8 Å². The van der Waals surface area contributed by atoms with Gasteiger partial charge in [-0.3, -0.25) is 4.79 Å². The topological polar surface area (TPSA) is 90.8 Å². The Bertz CT molecular complexity index is 715. The number of hydrogen-bond donors (Lipinski definition) is 1. The highest BCUT2D eigenvalue weighted by atomic mass is 32.1. The fraction of sp³-hybridized carbons (Fsp3) is 0.467. The lowest BCUT2D eigenvalue weighted by molar-refractivity contribution is -0.114. The first-order valence-electron chi connectivity index (χ1n) is 7.39. The third-order valence-electron chi connectivity index (χ3n) is 3.26. The molecule has 0 atom stereocenters. The van der Waals surface area contributed by atoms with Crippen LogP contribution in [0.5, 0.6) is 0 Å². The van der Waals surface area contributed by atoms with Gasteiger partial charge in [-0.1, -0.05) is 5.11 Å². The summed E-state index contributed by atoms with van der Waals surface area (Å²) in [6.45, 7) is 4.16. The van der Waals surface area contributed by atoms with Crippen LogP contribution in [0, 0.1) is 6.92 Å². The largest absolute Gasteiger partial charge is 0.302 e. The van der Waals surface area contributed by atoms with E-state index in [2.05, 4.69) is 33.3 Å². The lowest BCUT2D eigenvalue weighted by Gasteiger charge is -1.96. The molecule has 2 aromatic rings. The predicted molar refractivity (Wildman–Crippen MR) is 95.2 cm³/mol. The summed E-state index contributed by atoms with van der Waals surface area (Å²) in [5, 5.41) is 8.93.